The van der Waals surface area contributed by atoms with Crippen molar-refractivity contribution in [1.29, 1.82) is 5.26 Å². The lowest BCUT2D eigenvalue weighted by Crippen LogP contribution is -2.23. The number of halogens is 1. The predicted molar refractivity (Wildman–Crippen MR) is 64.5 cm³/mol. The molecule has 1 aromatic rings. The van der Waals surface area contributed by atoms with Crippen LogP contribution in [-0.2, 0) is 6.54 Å². The topological polar surface area (TPSA) is 45.0 Å². The lowest BCUT2D eigenvalue weighted by molar-refractivity contribution is 0.340. The van der Waals surface area contributed by atoms with Gasteiger partial charge in [0.05, 0.1) is 23.7 Å². The zero-order valence-electron chi connectivity index (χ0n) is 9.46. The summed E-state index contributed by atoms with van der Waals surface area (Å²) in [5.74, 6) is 0.696. The van der Waals surface area contributed by atoms with Crippen LogP contribution in [0.3, 0.4) is 0 Å². The third kappa shape index (κ3) is 3.73. The highest BCUT2D eigenvalue weighted by molar-refractivity contribution is 6.32. The zero-order valence-corrected chi connectivity index (χ0v) is 10.2. The Morgan fingerprint density at radius 1 is 1.56 bits per heavy atom. The molecule has 0 aliphatic heterocycles. The van der Waals surface area contributed by atoms with Crippen molar-refractivity contribution in [3.63, 3.8) is 0 Å². The Labute approximate surface area is 101 Å². The first-order valence-corrected chi connectivity index (χ1v) is 5.59. The van der Waals surface area contributed by atoms with E-state index in [0.717, 1.165) is 5.56 Å². The third-order valence-corrected chi connectivity index (χ3v) is 2.40. The SMILES string of the molecule is CCOc1ccc(CNC(C)C#N)cc1Cl. The van der Waals surface area contributed by atoms with E-state index in [1.807, 2.05) is 32.0 Å². The van der Waals surface area contributed by atoms with E-state index >= 15 is 0 Å². The van der Waals surface area contributed by atoms with Gasteiger partial charge in [-0.1, -0.05) is 17.7 Å². The second-order valence-electron chi connectivity index (χ2n) is 3.43. The van der Waals surface area contributed by atoms with E-state index in [2.05, 4.69) is 11.4 Å². The maximum atomic E-state index is 8.62. The minimum Gasteiger partial charge on any atom is -0.492 e. The van der Waals surface area contributed by atoms with Gasteiger partial charge in [-0.05, 0) is 31.5 Å². The fourth-order valence-electron chi connectivity index (χ4n) is 1.24. The highest BCUT2D eigenvalue weighted by Gasteiger charge is 2.03. The van der Waals surface area contributed by atoms with Crippen molar-refractivity contribution in [2.24, 2.45) is 0 Å². The van der Waals surface area contributed by atoms with E-state index in [4.69, 9.17) is 21.6 Å². The van der Waals surface area contributed by atoms with Crippen LogP contribution >= 0.6 is 11.6 Å². The summed E-state index contributed by atoms with van der Waals surface area (Å²) < 4.78 is 5.33. The largest absolute Gasteiger partial charge is 0.492 e. The van der Waals surface area contributed by atoms with Crippen molar-refractivity contribution in [1.82, 2.24) is 5.32 Å². The van der Waals surface area contributed by atoms with Crippen molar-refractivity contribution < 1.29 is 4.74 Å². The molecule has 3 nitrogen and oxygen atoms in total. The van der Waals surface area contributed by atoms with Crippen LogP contribution in [0, 0.1) is 11.3 Å². The van der Waals surface area contributed by atoms with Crippen molar-refractivity contribution in [2.45, 2.75) is 26.4 Å². The van der Waals surface area contributed by atoms with Gasteiger partial charge in [-0.25, -0.2) is 0 Å². The second kappa shape index (κ2) is 6.37. The summed E-state index contributed by atoms with van der Waals surface area (Å²) in [7, 11) is 0. The smallest absolute Gasteiger partial charge is 0.137 e. The predicted octanol–water partition coefficient (Wildman–Crippen LogP) is 2.74. The Bertz CT molecular complexity index is 387. The molecule has 0 aliphatic carbocycles. The van der Waals surface area contributed by atoms with Gasteiger partial charge in [0.1, 0.15) is 5.75 Å². The molecule has 1 unspecified atom stereocenters. The first-order chi connectivity index (χ1) is 7.67. The molecule has 1 rings (SSSR count). The standard InChI is InChI=1S/C12H15ClN2O/c1-3-16-12-5-4-10(6-11(12)13)8-15-9(2)7-14/h4-6,9,15H,3,8H2,1-2H3. The molecule has 0 fully saturated rings. The molecule has 86 valence electrons. The normalized spacial score (nSPS) is 11.9. The Hall–Kier alpha value is -1.24. The molecule has 0 amide bonds. The molecule has 0 saturated heterocycles. The maximum absolute atomic E-state index is 8.62. The van der Waals surface area contributed by atoms with Crippen molar-refractivity contribution >= 4 is 11.6 Å². The number of ether oxygens (including phenoxy) is 1. The number of hydrogen-bond donors (Lipinski definition) is 1. The molecule has 0 radical (unpaired) electrons. The van der Waals surface area contributed by atoms with Crippen LogP contribution in [0.1, 0.15) is 19.4 Å². The third-order valence-electron chi connectivity index (χ3n) is 2.10. The van der Waals surface area contributed by atoms with Crippen LogP contribution in [0.15, 0.2) is 18.2 Å². The summed E-state index contributed by atoms with van der Waals surface area (Å²) in [5, 5.41) is 12.3. The van der Waals surface area contributed by atoms with E-state index in [1.165, 1.54) is 0 Å². The molecular weight excluding hydrogens is 224 g/mol. The van der Waals surface area contributed by atoms with Gasteiger partial charge in [0, 0.05) is 6.54 Å². The van der Waals surface area contributed by atoms with Crippen LogP contribution in [-0.4, -0.2) is 12.6 Å². The first-order valence-electron chi connectivity index (χ1n) is 5.21. The average Bonchev–Trinajstić information content (AvgIpc) is 2.29. The van der Waals surface area contributed by atoms with Gasteiger partial charge in [0.25, 0.3) is 0 Å². The van der Waals surface area contributed by atoms with E-state index in [-0.39, 0.29) is 6.04 Å². The van der Waals surface area contributed by atoms with Crippen molar-refractivity contribution in [3.8, 4) is 11.8 Å². The number of benzene rings is 1. The zero-order chi connectivity index (χ0) is 12.0. The Balaban J connectivity index is 2.63. The highest BCUT2D eigenvalue weighted by atomic mass is 35.5. The Kier molecular flexibility index (Phi) is 5.10. The fourth-order valence-corrected chi connectivity index (χ4v) is 1.50. The first kappa shape index (κ1) is 12.8. The minimum absolute atomic E-state index is 0.162. The summed E-state index contributed by atoms with van der Waals surface area (Å²) in [6, 6.07) is 7.59. The summed E-state index contributed by atoms with van der Waals surface area (Å²) in [6.45, 7) is 4.96. The average molecular weight is 239 g/mol. The molecule has 0 saturated carbocycles. The summed E-state index contributed by atoms with van der Waals surface area (Å²) >= 11 is 6.04. The Morgan fingerprint density at radius 2 is 2.31 bits per heavy atom. The van der Waals surface area contributed by atoms with Gasteiger partial charge in [0.2, 0.25) is 0 Å². The van der Waals surface area contributed by atoms with Gasteiger partial charge in [-0.2, -0.15) is 5.26 Å². The minimum atomic E-state index is -0.162. The van der Waals surface area contributed by atoms with Crippen LogP contribution in [0.4, 0.5) is 0 Å². The van der Waals surface area contributed by atoms with E-state index in [9.17, 15) is 0 Å². The molecule has 0 heterocycles. The number of nitrogens with one attached hydrogen (secondary N) is 1. The highest BCUT2D eigenvalue weighted by Crippen LogP contribution is 2.25. The maximum Gasteiger partial charge on any atom is 0.137 e. The van der Waals surface area contributed by atoms with E-state index in [0.29, 0.717) is 23.9 Å². The quantitative estimate of drug-likeness (QED) is 0.858. The molecule has 4 heteroatoms. The number of rotatable bonds is 5. The number of nitrogens with zero attached hydrogens (tertiary/aromatic N) is 1. The van der Waals surface area contributed by atoms with Crippen LogP contribution < -0.4 is 10.1 Å². The second-order valence-corrected chi connectivity index (χ2v) is 3.84. The summed E-state index contributed by atoms with van der Waals surface area (Å²) in [4.78, 5) is 0. The van der Waals surface area contributed by atoms with E-state index < -0.39 is 0 Å². The van der Waals surface area contributed by atoms with Crippen LogP contribution in [0.5, 0.6) is 5.75 Å². The number of nitriles is 1. The molecule has 1 atom stereocenters. The van der Waals surface area contributed by atoms with Gasteiger partial charge >= 0.3 is 0 Å². The van der Waals surface area contributed by atoms with Gasteiger partial charge in [0.15, 0.2) is 0 Å². The molecule has 0 aromatic heterocycles. The molecule has 0 aliphatic rings. The molecular formula is C12H15ClN2O. The van der Waals surface area contributed by atoms with Crippen LogP contribution in [0.2, 0.25) is 5.02 Å². The number of hydrogen-bond acceptors (Lipinski definition) is 3. The van der Waals surface area contributed by atoms with Gasteiger partial charge in [-0.15, -0.1) is 0 Å². The van der Waals surface area contributed by atoms with Gasteiger partial charge < -0.3 is 4.74 Å². The summed E-state index contributed by atoms with van der Waals surface area (Å²) in [5.41, 5.74) is 1.04. The molecule has 0 bridgehead atoms. The molecule has 1 N–H and O–H groups in total. The molecule has 0 spiro atoms. The van der Waals surface area contributed by atoms with Crippen LogP contribution in [0.25, 0.3) is 0 Å². The Morgan fingerprint density at radius 3 is 2.88 bits per heavy atom. The lowest BCUT2D eigenvalue weighted by atomic mass is 10.2. The summed E-state index contributed by atoms with van der Waals surface area (Å²) in [6.07, 6.45) is 0. The van der Waals surface area contributed by atoms with E-state index in [1.54, 1.807) is 0 Å². The fraction of sp³-hybridized carbons (Fsp3) is 0.417. The lowest BCUT2D eigenvalue weighted by Gasteiger charge is -2.09. The van der Waals surface area contributed by atoms with Crippen molar-refractivity contribution in [3.05, 3.63) is 28.8 Å². The molecule has 1 aromatic carbocycles. The molecule has 16 heavy (non-hydrogen) atoms. The van der Waals surface area contributed by atoms with Gasteiger partial charge in [-0.3, -0.25) is 5.32 Å². The van der Waals surface area contributed by atoms with Crippen molar-refractivity contribution in [2.75, 3.05) is 6.61 Å². The monoisotopic (exact) mass is 238 g/mol.